The third-order valence-corrected chi connectivity index (χ3v) is 3.32. The van der Waals surface area contributed by atoms with Gasteiger partial charge in [-0.25, -0.2) is 0 Å². The molecule has 0 unspecified atom stereocenters. The van der Waals surface area contributed by atoms with E-state index >= 15 is 0 Å². The van der Waals surface area contributed by atoms with Crippen molar-refractivity contribution in [2.45, 2.75) is 65.2 Å². The normalized spacial score (nSPS) is 12.0. The zero-order valence-electron chi connectivity index (χ0n) is 10.5. The molecule has 15 heavy (non-hydrogen) atoms. The van der Waals surface area contributed by atoms with Gasteiger partial charge in [-0.2, -0.15) is 0 Å². The predicted octanol–water partition coefficient (Wildman–Crippen LogP) is 3.12. The van der Waals surface area contributed by atoms with Crippen LogP contribution in [0.5, 0.6) is 0 Å². The molecule has 2 N–H and O–H groups in total. The summed E-state index contributed by atoms with van der Waals surface area (Å²) in [6.07, 6.45) is 8.91. The molecule has 0 aromatic carbocycles. The van der Waals surface area contributed by atoms with Crippen molar-refractivity contribution in [2.24, 2.45) is 5.41 Å². The fraction of sp³-hybridized carbons (Fsp3) is 1.00. The Balaban J connectivity index is 4.18. The van der Waals surface area contributed by atoms with E-state index < -0.39 is 0 Å². The van der Waals surface area contributed by atoms with Crippen LogP contribution in [0, 0.1) is 5.41 Å². The molecule has 0 atom stereocenters. The Morgan fingerprint density at radius 2 is 1.33 bits per heavy atom. The van der Waals surface area contributed by atoms with Crippen LogP contribution >= 0.6 is 0 Å². The van der Waals surface area contributed by atoms with Crippen LogP contribution in [0.3, 0.4) is 0 Å². The van der Waals surface area contributed by atoms with Crippen LogP contribution in [0.25, 0.3) is 0 Å². The molecular formula is C13H28O2. The van der Waals surface area contributed by atoms with Crippen molar-refractivity contribution in [3.8, 4) is 0 Å². The summed E-state index contributed by atoms with van der Waals surface area (Å²) in [5.74, 6) is 0. The van der Waals surface area contributed by atoms with Gasteiger partial charge < -0.3 is 10.2 Å². The minimum absolute atomic E-state index is 0.299. The van der Waals surface area contributed by atoms with Gasteiger partial charge in [0.2, 0.25) is 0 Å². The Morgan fingerprint density at radius 1 is 0.733 bits per heavy atom. The van der Waals surface area contributed by atoms with E-state index in [0.717, 1.165) is 25.7 Å². The molecule has 0 bridgehead atoms. The van der Waals surface area contributed by atoms with E-state index in [4.69, 9.17) is 10.2 Å². The first-order valence-corrected chi connectivity index (χ1v) is 6.46. The minimum Gasteiger partial charge on any atom is -0.396 e. The molecule has 0 aromatic rings. The highest BCUT2D eigenvalue weighted by molar-refractivity contribution is 4.78. The van der Waals surface area contributed by atoms with Gasteiger partial charge in [-0.05, 0) is 37.5 Å². The lowest BCUT2D eigenvalue weighted by Gasteiger charge is -2.33. The molecule has 0 fully saturated rings. The Morgan fingerprint density at radius 3 is 1.73 bits per heavy atom. The van der Waals surface area contributed by atoms with Crippen LogP contribution < -0.4 is 0 Å². The van der Waals surface area contributed by atoms with Gasteiger partial charge in [0.15, 0.2) is 0 Å². The van der Waals surface area contributed by atoms with Crippen molar-refractivity contribution in [3.05, 3.63) is 0 Å². The van der Waals surface area contributed by atoms with E-state index in [1.165, 1.54) is 25.7 Å². The zero-order chi connectivity index (χ0) is 11.6. The molecule has 92 valence electrons. The van der Waals surface area contributed by atoms with Crippen LogP contribution in [-0.4, -0.2) is 23.4 Å². The molecule has 0 saturated carbocycles. The largest absolute Gasteiger partial charge is 0.396 e. The van der Waals surface area contributed by atoms with Crippen LogP contribution in [0.15, 0.2) is 0 Å². The summed E-state index contributed by atoms with van der Waals surface area (Å²) in [6.45, 7) is 5.04. The number of unbranched alkanes of at least 4 members (excludes halogenated alkanes) is 1. The zero-order valence-corrected chi connectivity index (χ0v) is 10.5. The monoisotopic (exact) mass is 216 g/mol. The molecule has 0 aliphatic heterocycles. The summed E-state index contributed by atoms with van der Waals surface area (Å²) < 4.78 is 0. The van der Waals surface area contributed by atoms with Crippen LogP contribution in [0.1, 0.15) is 65.2 Å². The second-order valence-electron chi connectivity index (χ2n) is 4.65. The maximum atomic E-state index is 9.16. The summed E-state index contributed by atoms with van der Waals surface area (Å²) in [7, 11) is 0. The minimum atomic E-state index is 0.299. The summed E-state index contributed by atoms with van der Waals surface area (Å²) in [5, 5.41) is 18.0. The third kappa shape index (κ3) is 6.16. The number of rotatable bonds is 10. The molecule has 0 amide bonds. The van der Waals surface area contributed by atoms with Crippen molar-refractivity contribution in [1.29, 1.82) is 0 Å². The molecule has 2 nitrogen and oxygen atoms in total. The van der Waals surface area contributed by atoms with E-state index in [0.29, 0.717) is 18.6 Å². The summed E-state index contributed by atoms with van der Waals surface area (Å²) in [4.78, 5) is 0. The van der Waals surface area contributed by atoms with Gasteiger partial charge in [0, 0.05) is 13.2 Å². The van der Waals surface area contributed by atoms with Crippen molar-refractivity contribution in [3.63, 3.8) is 0 Å². The lowest BCUT2D eigenvalue weighted by atomic mass is 9.73. The molecule has 2 heteroatoms. The summed E-state index contributed by atoms with van der Waals surface area (Å²) >= 11 is 0. The quantitative estimate of drug-likeness (QED) is 0.551. The number of aliphatic hydroxyl groups excluding tert-OH is 2. The lowest BCUT2D eigenvalue weighted by Crippen LogP contribution is -2.22. The van der Waals surface area contributed by atoms with Gasteiger partial charge in [-0.15, -0.1) is 0 Å². The van der Waals surface area contributed by atoms with E-state index in [2.05, 4.69) is 13.8 Å². The van der Waals surface area contributed by atoms with Crippen LogP contribution in [-0.2, 0) is 0 Å². The predicted molar refractivity (Wildman–Crippen MR) is 64.9 cm³/mol. The summed E-state index contributed by atoms with van der Waals surface area (Å²) in [5.41, 5.74) is 0.341. The molecule has 0 heterocycles. The maximum absolute atomic E-state index is 9.16. The first-order chi connectivity index (χ1) is 7.24. The van der Waals surface area contributed by atoms with Gasteiger partial charge in [0.25, 0.3) is 0 Å². The number of hydrogen-bond donors (Lipinski definition) is 2. The van der Waals surface area contributed by atoms with E-state index in [1.807, 2.05) is 0 Å². The second-order valence-corrected chi connectivity index (χ2v) is 4.65. The fourth-order valence-corrected chi connectivity index (χ4v) is 2.66. The molecule has 0 spiro atoms. The van der Waals surface area contributed by atoms with Gasteiger partial charge in [-0.1, -0.05) is 33.1 Å². The van der Waals surface area contributed by atoms with Gasteiger partial charge in [0.05, 0.1) is 0 Å². The average molecular weight is 216 g/mol. The molecule has 0 aliphatic carbocycles. The van der Waals surface area contributed by atoms with Crippen LogP contribution in [0.2, 0.25) is 0 Å². The van der Waals surface area contributed by atoms with Crippen molar-refractivity contribution in [1.82, 2.24) is 0 Å². The Hall–Kier alpha value is -0.0800. The van der Waals surface area contributed by atoms with E-state index in [9.17, 15) is 0 Å². The number of aliphatic hydroxyl groups is 2. The first kappa shape index (κ1) is 14.9. The smallest absolute Gasteiger partial charge is 0.0436 e. The van der Waals surface area contributed by atoms with Crippen molar-refractivity contribution >= 4 is 0 Å². The topological polar surface area (TPSA) is 40.5 Å². The maximum Gasteiger partial charge on any atom is 0.0436 e. The average Bonchev–Trinajstić information content (AvgIpc) is 2.19. The molecule has 0 aromatic heterocycles. The van der Waals surface area contributed by atoms with Gasteiger partial charge >= 0.3 is 0 Å². The third-order valence-electron chi connectivity index (χ3n) is 3.32. The van der Waals surface area contributed by atoms with E-state index in [1.54, 1.807) is 0 Å². The summed E-state index contributed by atoms with van der Waals surface area (Å²) in [6, 6.07) is 0. The Labute approximate surface area is 94.7 Å². The fourth-order valence-electron chi connectivity index (χ4n) is 2.66. The van der Waals surface area contributed by atoms with Gasteiger partial charge in [-0.3, -0.25) is 0 Å². The Kier molecular flexibility index (Phi) is 9.12. The van der Waals surface area contributed by atoms with Crippen LogP contribution in [0.4, 0.5) is 0 Å². The van der Waals surface area contributed by atoms with E-state index in [-0.39, 0.29) is 0 Å². The number of hydrogen-bond acceptors (Lipinski definition) is 2. The molecular weight excluding hydrogens is 188 g/mol. The SMILES string of the molecule is CCCC(CCC)(CCO)CCCCO. The molecule has 0 saturated heterocycles. The molecule has 0 radical (unpaired) electrons. The molecule has 0 rings (SSSR count). The standard InChI is InChI=1S/C13H28O2/c1-3-7-13(8-4-2,10-12-15)9-5-6-11-14/h14-15H,3-12H2,1-2H3. The molecule has 0 aliphatic rings. The lowest BCUT2D eigenvalue weighted by molar-refractivity contribution is 0.135. The highest BCUT2D eigenvalue weighted by Gasteiger charge is 2.26. The van der Waals surface area contributed by atoms with Crippen molar-refractivity contribution in [2.75, 3.05) is 13.2 Å². The van der Waals surface area contributed by atoms with Gasteiger partial charge in [0.1, 0.15) is 0 Å². The Bertz CT molecular complexity index is 117. The first-order valence-electron chi connectivity index (χ1n) is 6.46. The highest BCUT2D eigenvalue weighted by Crippen LogP contribution is 2.38. The second kappa shape index (κ2) is 9.17. The highest BCUT2D eigenvalue weighted by atomic mass is 16.3. The van der Waals surface area contributed by atoms with Crippen molar-refractivity contribution < 1.29 is 10.2 Å².